The van der Waals surface area contributed by atoms with Gasteiger partial charge in [0.15, 0.2) is 11.5 Å². The molecule has 3 rings (SSSR count). The van der Waals surface area contributed by atoms with Crippen LogP contribution in [-0.4, -0.2) is 24.1 Å². The minimum absolute atomic E-state index is 0.226. The number of benzene rings is 3. The molecule has 0 saturated heterocycles. The maximum atomic E-state index is 12.3. The summed E-state index contributed by atoms with van der Waals surface area (Å²) in [6.45, 7) is 0.232. The van der Waals surface area contributed by atoms with E-state index in [1.54, 1.807) is 48.5 Å². The first-order valence-electron chi connectivity index (χ1n) is 9.43. The van der Waals surface area contributed by atoms with Crippen molar-refractivity contribution in [1.29, 1.82) is 0 Å². The fourth-order valence-electron chi connectivity index (χ4n) is 2.80. The molecule has 8 heteroatoms. The Labute approximate surface area is 195 Å². The summed E-state index contributed by atoms with van der Waals surface area (Å²) in [7, 11) is 1.45. The van der Waals surface area contributed by atoms with E-state index >= 15 is 0 Å². The standard InChI is InChI=1S/C24H19Cl2NO5/c1-31-21-13-16(11-19(26)22(21)32-14-15-7-9-18(25)10-8-15)12-20(24(29)30)27-23(28)17-5-3-2-4-6-17/h2-13H,14H2,1H3,(H,27,28)(H,29,30)/b20-12+. The van der Waals surface area contributed by atoms with E-state index in [4.69, 9.17) is 32.7 Å². The summed E-state index contributed by atoms with van der Waals surface area (Å²) in [5.74, 6) is -1.21. The van der Waals surface area contributed by atoms with E-state index in [1.165, 1.54) is 19.3 Å². The lowest BCUT2D eigenvalue weighted by atomic mass is 10.1. The van der Waals surface area contributed by atoms with Crippen LogP contribution in [0.1, 0.15) is 21.5 Å². The molecular formula is C24H19Cl2NO5. The number of carbonyl (C=O) groups excluding carboxylic acids is 1. The molecule has 0 bridgehead atoms. The summed E-state index contributed by atoms with van der Waals surface area (Å²) in [6, 6.07) is 18.6. The first-order valence-corrected chi connectivity index (χ1v) is 10.2. The van der Waals surface area contributed by atoms with Crippen molar-refractivity contribution in [1.82, 2.24) is 5.32 Å². The van der Waals surface area contributed by atoms with E-state index < -0.39 is 11.9 Å². The van der Waals surface area contributed by atoms with Gasteiger partial charge in [-0.05, 0) is 53.6 Å². The van der Waals surface area contributed by atoms with Crippen molar-refractivity contribution in [2.75, 3.05) is 7.11 Å². The van der Waals surface area contributed by atoms with Gasteiger partial charge in [-0.3, -0.25) is 4.79 Å². The highest BCUT2D eigenvalue weighted by molar-refractivity contribution is 6.32. The number of nitrogens with one attached hydrogen (secondary N) is 1. The fraction of sp³-hybridized carbons (Fsp3) is 0.0833. The second-order valence-electron chi connectivity index (χ2n) is 6.63. The van der Waals surface area contributed by atoms with Crippen molar-refractivity contribution in [2.45, 2.75) is 6.61 Å². The third kappa shape index (κ3) is 6.03. The minimum Gasteiger partial charge on any atom is -0.493 e. The van der Waals surface area contributed by atoms with Gasteiger partial charge in [-0.1, -0.05) is 53.5 Å². The maximum Gasteiger partial charge on any atom is 0.352 e. The Kier molecular flexibility index (Phi) is 7.76. The predicted molar refractivity (Wildman–Crippen MR) is 123 cm³/mol. The molecule has 3 aromatic rings. The molecule has 164 valence electrons. The molecule has 0 aromatic heterocycles. The van der Waals surface area contributed by atoms with Crippen molar-refractivity contribution < 1.29 is 24.2 Å². The Morgan fingerprint density at radius 2 is 1.72 bits per heavy atom. The van der Waals surface area contributed by atoms with Crippen LogP contribution in [0, 0.1) is 0 Å². The zero-order valence-electron chi connectivity index (χ0n) is 17.0. The Bertz CT molecular complexity index is 1150. The average molecular weight is 472 g/mol. The topological polar surface area (TPSA) is 84.9 Å². The van der Waals surface area contributed by atoms with Crippen molar-refractivity contribution >= 4 is 41.2 Å². The Hall–Kier alpha value is -3.48. The second-order valence-corrected chi connectivity index (χ2v) is 7.48. The number of carbonyl (C=O) groups is 2. The first-order chi connectivity index (χ1) is 15.4. The molecule has 0 fully saturated rings. The van der Waals surface area contributed by atoms with Crippen LogP contribution in [0.15, 0.2) is 72.4 Å². The molecule has 0 saturated carbocycles. The number of halogens is 2. The monoisotopic (exact) mass is 471 g/mol. The van der Waals surface area contributed by atoms with E-state index in [0.29, 0.717) is 27.6 Å². The normalized spacial score (nSPS) is 11.0. The molecule has 1 amide bonds. The molecule has 0 aliphatic carbocycles. The number of rotatable bonds is 8. The maximum absolute atomic E-state index is 12.3. The number of hydrogen-bond donors (Lipinski definition) is 2. The summed E-state index contributed by atoms with van der Waals surface area (Å²) >= 11 is 12.3. The van der Waals surface area contributed by atoms with Crippen LogP contribution >= 0.6 is 23.2 Å². The molecule has 0 unspecified atom stereocenters. The van der Waals surface area contributed by atoms with Gasteiger partial charge in [0.2, 0.25) is 0 Å². The first kappa shape index (κ1) is 23.2. The summed E-state index contributed by atoms with van der Waals surface area (Å²) in [6.07, 6.45) is 1.29. The van der Waals surface area contributed by atoms with Gasteiger partial charge in [-0.15, -0.1) is 0 Å². The van der Waals surface area contributed by atoms with Crippen LogP contribution in [0.3, 0.4) is 0 Å². The van der Waals surface area contributed by atoms with Crippen molar-refractivity contribution in [3.8, 4) is 11.5 Å². The molecular weight excluding hydrogens is 453 g/mol. The van der Waals surface area contributed by atoms with E-state index in [9.17, 15) is 14.7 Å². The highest BCUT2D eigenvalue weighted by Crippen LogP contribution is 2.37. The largest absolute Gasteiger partial charge is 0.493 e. The zero-order valence-corrected chi connectivity index (χ0v) is 18.5. The van der Waals surface area contributed by atoms with Crippen LogP contribution in [0.5, 0.6) is 11.5 Å². The predicted octanol–water partition coefficient (Wildman–Crippen LogP) is 5.44. The van der Waals surface area contributed by atoms with Gasteiger partial charge in [-0.2, -0.15) is 0 Å². The second kappa shape index (κ2) is 10.7. The molecule has 0 aliphatic rings. The van der Waals surface area contributed by atoms with E-state index in [-0.39, 0.29) is 17.3 Å². The summed E-state index contributed by atoms with van der Waals surface area (Å²) in [5.41, 5.74) is 1.32. The van der Waals surface area contributed by atoms with Crippen molar-refractivity contribution in [3.63, 3.8) is 0 Å². The SMILES string of the molecule is COc1cc(/C=C(/NC(=O)c2ccccc2)C(=O)O)cc(Cl)c1OCc1ccc(Cl)cc1. The van der Waals surface area contributed by atoms with E-state index in [2.05, 4.69) is 5.32 Å². The number of methoxy groups -OCH3 is 1. The summed E-state index contributed by atoms with van der Waals surface area (Å²) in [5, 5.41) is 12.8. The highest BCUT2D eigenvalue weighted by atomic mass is 35.5. The van der Waals surface area contributed by atoms with Crippen LogP contribution in [0.4, 0.5) is 0 Å². The van der Waals surface area contributed by atoms with Crippen molar-refractivity contribution in [3.05, 3.63) is 99.2 Å². The van der Waals surface area contributed by atoms with Gasteiger partial charge >= 0.3 is 5.97 Å². The number of hydrogen-bond acceptors (Lipinski definition) is 4. The lowest BCUT2D eigenvalue weighted by Gasteiger charge is -2.14. The molecule has 0 spiro atoms. The zero-order chi connectivity index (χ0) is 23.1. The van der Waals surface area contributed by atoms with Gasteiger partial charge < -0.3 is 19.9 Å². The molecule has 6 nitrogen and oxygen atoms in total. The molecule has 0 heterocycles. The lowest BCUT2D eigenvalue weighted by molar-refractivity contribution is -0.132. The van der Waals surface area contributed by atoms with Crippen LogP contribution < -0.4 is 14.8 Å². The lowest BCUT2D eigenvalue weighted by Crippen LogP contribution is -2.27. The summed E-state index contributed by atoms with van der Waals surface area (Å²) in [4.78, 5) is 24.0. The number of aliphatic carboxylic acids is 1. The highest BCUT2D eigenvalue weighted by Gasteiger charge is 2.16. The van der Waals surface area contributed by atoms with E-state index in [1.807, 2.05) is 12.1 Å². The Morgan fingerprint density at radius 3 is 2.34 bits per heavy atom. The van der Waals surface area contributed by atoms with Gasteiger partial charge in [0, 0.05) is 10.6 Å². The number of carboxylic acid groups (broad SMARTS) is 1. The van der Waals surface area contributed by atoms with Crippen LogP contribution in [0.25, 0.3) is 6.08 Å². The molecule has 0 atom stereocenters. The van der Waals surface area contributed by atoms with Gasteiger partial charge in [0.1, 0.15) is 12.3 Å². The van der Waals surface area contributed by atoms with E-state index in [0.717, 1.165) is 5.56 Å². The third-order valence-electron chi connectivity index (χ3n) is 4.37. The van der Waals surface area contributed by atoms with Crippen LogP contribution in [0.2, 0.25) is 10.0 Å². The number of amides is 1. The molecule has 2 N–H and O–H groups in total. The Morgan fingerprint density at radius 1 is 1.03 bits per heavy atom. The molecule has 32 heavy (non-hydrogen) atoms. The number of ether oxygens (including phenoxy) is 2. The van der Waals surface area contributed by atoms with Gasteiger partial charge in [0.05, 0.1) is 12.1 Å². The summed E-state index contributed by atoms with van der Waals surface area (Å²) < 4.78 is 11.2. The number of carboxylic acids is 1. The van der Waals surface area contributed by atoms with Crippen LogP contribution in [-0.2, 0) is 11.4 Å². The quantitative estimate of drug-likeness (QED) is 0.427. The molecule has 3 aromatic carbocycles. The third-order valence-corrected chi connectivity index (χ3v) is 4.91. The van der Waals surface area contributed by atoms with Crippen molar-refractivity contribution in [2.24, 2.45) is 0 Å². The van der Waals surface area contributed by atoms with Gasteiger partial charge in [-0.25, -0.2) is 4.79 Å². The average Bonchev–Trinajstić information content (AvgIpc) is 2.79. The molecule has 0 radical (unpaired) electrons. The Balaban J connectivity index is 1.83. The fourth-order valence-corrected chi connectivity index (χ4v) is 3.20. The smallest absolute Gasteiger partial charge is 0.352 e. The molecule has 0 aliphatic heterocycles. The van der Waals surface area contributed by atoms with Gasteiger partial charge in [0.25, 0.3) is 5.91 Å². The minimum atomic E-state index is -1.30.